The Bertz CT molecular complexity index is 704. The van der Waals surface area contributed by atoms with E-state index in [-0.39, 0.29) is 0 Å². The first-order chi connectivity index (χ1) is 10.2. The van der Waals surface area contributed by atoms with Crippen LogP contribution in [0.25, 0.3) is 11.6 Å². The predicted molar refractivity (Wildman–Crippen MR) is 86.6 cm³/mol. The van der Waals surface area contributed by atoms with E-state index in [2.05, 4.69) is 18.2 Å². The van der Waals surface area contributed by atoms with Crippen LogP contribution in [0.15, 0.2) is 36.4 Å². The number of ether oxygens (including phenoxy) is 2. The number of nitrogens with two attached hydrogens (primary N) is 1. The lowest BCUT2D eigenvalue weighted by molar-refractivity contribution is 0.414. The van der Waals surface area contributed by atoms with E-state index in [1.165, 1.54) is 16.7 Å². The molecule has 21 heavy (non-hydrogen) atoms. The highest BCUT2D eigenvalue weighted by Crippen LogP contribution is 2.35. The van der Waals surface area contributed by atoms with E-state index < -0.39 is 0 Å². The summed E-state index contributed by atoms with van der Waals surface area (Å²) in [4.78, 5) is 0. The largest absolute Gasteiger partial charge is 0.497 e. The second-order valence-corrected chi connectivity index (χ2v) is 5.19. The van der Waals surface area contributed by atoms with Crippen molar-refractivity contribution in [2.24, 2.45) is 0 Å². The topological polar surface area (TPSA) is 44.5 Å². The predicted octanol–water partition coefficient (Wildman–Crippen LogP) is 3.77. The first kappa shape index (κ1) is 13.6. The SMILES string of the molecule is COc1ccc(C2=Cc3ccc(OC)cc3CC2)c(N)c1. The fourth-order valence-electron chi connectivity index (χ4n) is 2.77. The van der Waals surface area contributed by atoms with Crippen molar-refractivity contribution in [2.75, 3.05) is 20.0 Å². The summed E-state index contributed by atoms with van der Waals surface area (Å²) in [5.74, 6) is 1.70. The first-order valence-corrected chi connectivity index (χ1v) is 7.02. The van der Waals surface area contributed by atoms with Crippen molar-refractivity contribution in [1.29, 1.82) is 0 Å². The van der Waals surface area contributed by atoms with Crippen molar-refractivity contribution in [1.82, 2.24) is 0 Å². The fraction of sp³-hybridized carbons (Fsp3) is 0.222. The second-order valence-electron chi connectivity index (χ2n) is 5.19. The van der Waals surface area contributed by atoms with E-state index in [4.69, 9.17) is 15.2 Å². The molecule has 0 aliphatic heterocycles. The van der Waals surface area contributed by atoms with E-state index in [1.807, 2.05) is 24.3 Å². The molecule has 0 fully saturated rings. The van der Waals surface area contributed by atoms with Gasteiger partial charge in [-0.3, -0.25) is 0 Å². The number of fused-ring (bicyclic) bond motifs is 1. The maximum Gasteiger partial charge on any atom is 0.120 e. The van der Waals surface area contributed by atoms with Crippen LogP contribution in [0.4, 0.5) is 5.69 Å². The van der Waals surface area contributed by atoms with Gasteiger partial charge < -0.3 is 15.2 Å². The quantitative estimate of drug-likeness (QED) is 0.871. The van der Waals surface area contributed by atoms with E-state index >= 15 is 0 Å². The zero-order chi connectivity index (χ0) is 14.8. The molecule has 108 valence electrons. The molecular weight excluding hydrogens is 262 g/mol. The molecule has 2 aromatic rings. The Kier molecular flexibility index (Phi) is 3.57. The summed E-state index contributed by atoms with van der Waals surface area (Å²) in [7, 11) is 3.35. The zero-order valence-electron chi connectivity index (χ0n) is 12.3. The summed E-state index contributed by atoms with van der Waals surface area (Å²) in [5.41, 5.74) is 11.8. The molecule has 3 nitrogen and oxygen atoms in total. The second kappa shape index (κ2) is 5.52. The minimum Gasteiger partial charge on any atom is -0.497 e. The van der Waals surface area contributed by atoms with Crippen LogP contribution in [0.5, 0.6) is 11.5 Å². The van der Waals surface area contributed by atoms with Gasteiger partial charge in [-0.1, -0.05) is 12.1 Å². The molecule has 0 heterocycles. The molecule has 1 aliphatic carbocycles. The first-order valence-electron chi connectivity index (χ1n) is 7.02. The van der Waals surface area contributed by atoms with Crippen molar-refractivity contribution in [3.8, 4) is 11.5 Å². The highest BCUT2D eigenvalue weighted by atomic mass is 16.5. The maximum atomic E-state index is 6.15. The highest BCUT2D eigenvalue weighted by molar-refractivity contribution is 5.88. The van der Waals surface area contributed by atoms with Gasteiger partial charge in [0.15, 0.2) is 0 Å². The van der Waals surface area contributed by atoms with Gasteiger partial charge >= 0.3 is 0 Å². The molecule has 0 saturated heterocycles. The van der Waals surface area contributed by atoms with Gasteiger partial charge in [0.25, 0.3) is 0 Å². The molecule has 0 amide bonds. The van der Waals surface area contributed by atoms with Crippen LogP contribution in [0.1, 0.15) is 23.1 Å². The molecule has 0 unspecified atom stereocenters. The molecule has 0 aromatic heterocycles. The molecule has 1 aliphatic rings. The summed E-state index contributed by atoms with van der Waals surface area (Å²) in [6.45, 7) is 0. The van der Waals surface area contributed by atoms with Crippen molar-refractivity contribution >= 4 is 17.3 Å². The Morgan fingerprint density at radius 2 is 1.62 bits per heavy atom. The van der Waals surface area contributed by atoms with Crippen LogP contribution in [-0.4, -0.2) is 14.2 Å². The lowest BCUT2D eigenvalue weighted by atomic mass is 9.88. The Balaban J connectivity index is 1.98. The summed E-state index contributed by atoms with van der Waals surface area (Å²) in [6, 6.07) is 12.1. The minimum absolute atomic E-state index is 0.762. The van der Waals surface area contributed by atoms with Crippen LogP contribution in [0.3, 0.4) is 0 Å². The number of hydrogen-bond donors (Lipinski definition) is 1. The molecule has 2 aromatic carbocycles. The number of aryl methyl sites for hydroxylation is 1. The average molecular weight is 281 g/mol. The zero-order valence-corrected chi connectivity index (χ0v) is 12.3. The third-order valence-electron chi connectivity index (χ3n) is 3.95. The number of hydrogen-bond acceptors (Lipinski definition) is 3. The van der Waals surface area contributed by atoms with Gasteiger partial charge in [-0.25, -0.2) is 0 Å². The van der Waals surface area contributed by atoms with Crippen molar-refractivity contribution < 1.29 is 9.47 Å². The molecule has 3 heteroatoms. The molecule has 0 bridgehead atoms. The Hall–Kier alpha value is -2.42. The van der Waals surface area contributed by atoms with Gasteiger partial charge in [-0.15, -0.1) is 0 Å². The molecule has 0 radical (unpaired) electrons. The van der Waals surface area contributed by atoms with E-state index in [0.717, 1.165) is 35.6 Å². The van der Waals surface area contributed by atoms with Crippen molar-refractivity contribution in [3.63, 3.8) is 0 Å². The number of allylic oxidation sites excluding steroid dienone is 1. The van der Waals surface area contributed by atoms with Gasteiger partial charge in [0, 0.05) is 17.3 Å². The average Bonchev–Trinajstić information content (AvgIpc) is 2.53. The van der Waals surface area contributed by atoms with Crippen LogP contribution in [0.2, 0.25) is 0 Å². The van der Waals surface area contributed by atoms with Crippen LogP contribution in [0, 0.1) is 0 Å². The van der Waals surface area contributed by atoms with Crippen molar-refractivity contribution in [2.45, 2.75) is 12.8 Å². The number of methoxy groups -OCH3 is 2. The smallest absolute Gasteiger partial charge is 0.120 e. The molecule has 0 atom stereocenters. The van der Waals surface area contributed by atoms with Gasteiger partial charge in [-0.2, -0.15) is 0 Å². The van der Waals surface area contributed by atoms with Crippen LogP contribution in [-0.2, 0) is 6.42 Å². The Morgan fingerprint density at radius 3 is 2.33 bits per heavy atom. The normalized spacial score (nSPS) is 13.3. The van der Waals surface area contributed by atoms with E-state index in [0.29, 0.717) is 0 Å². The number of benzene rings is 2. The molecule has 0 saturated carbocycles. The summed E-state index contributed by atoms with van der Waals surface area (Å²) in [5, 5.41) is 0. The van der Waals surface area contributed by atoms with E-state index in [1.54, 1.807) is 14.2 Å². The molecule has 2 N–H and O–H groups in total. The standard InChI is InChI=1S/C18H19NO2/c1-20-15-6-5-12-9-14(4-3-13(12)10-15)17-8-7-16(21-2)11-18(17)19/h5-11H,3-4,19H2,1-2H3. The fourth-order valence-corrected chi connectivity index (χ4v) is 2.77. The van der Waals surface area contributed by atoms with Gasteiger partial charge in [0.1, 0.15) is 11.5 Å². The van der Waals surface area contributed by atoms with Crippen molar-refractivity contribution in [3.05, 3.63) is 53.1 Å². The molecular formula is C18H19NO2. The summed E-state index contributed by atoms with van der Waals surface area (Å²) < 4.78 is 10.5. The van der Waals surface area contributed by atoms with Gasteiger partial charge in [0.2, 0.25) is 0 Å². The van der Waals surface area contributed by atoms with E-state index in [9.17, 15) is 0 Å². The number of nitrogen functional groups attached to an aromatic ring is 1. The lowest BCUT2D eigenvalue weighted by Gasteiger charge is -2.19. The molecule has 0 spiro atoms. The molecule has 3 rings (SSSR count). The maximum absolute atomic E-state index is 6.15. The number of anilines is 1. The van der Waals surface area contributed by atoms with Gasteiger partial charge in [-0.05, 0) is 53.8 Å². The van der Waals surface area contributed by atoms with Gasteiger partial charge in [0.05, 0.1) is 14.2 Å². The third kappa shape index (κ3) is 2.59. The lowest BCUT2D eigenvalue weighted by Crippen LogP contribution is -2.02. The highest BCUT2D eigenvalue weighted by Gasteiger charge is 2.14. The number of rotatable bonds is 3. The van der Waals surface area contributed by atoms with Crippen LogP contribution < -0.4 is 15.2 Å². The third-order valence-corrected chi connectivity index (χ3v) is 3.95. The Morgan fingerprint density at radius 1 is 0.905 bits per heavy atom. The minimum atomic E-state index is 0.762. The Labute approximate surface area is 125 Å². The summed E-state index contributed by atoms with van der Waals surface area (Å²) >= 11 is 0. The summed E-state index contributed by atoms with van der Waals surface area (Å²) in [6.07, 6.45) is 4.21. The van der Waals surface area contributed by atoms with Crippen LogP contribution >= 0.6 is 0 Å². The monoisotopic (exact) mass is 281 g/mol.